The molecule has 0 saturated carbocycles. The Balaban J connectivity index is 0.000000337. The van der Waals surface area contributed by atoms with E-state index in [4.69, 9.17) is 27.9 Å². The maximum Gasteiger partial charge on any atom is 0.431 e. The minimum absolute atomic E-state index is 0.0104. The van der Waals surface area contributed by atoms with E-state index in [1.54, 1.807) is 34.0 Å². The van der Waals surface area contributed by atoms with Gasteiger partial charge >= 0.3 is 23.9 Å². The van der Waals surface area contributed by atoms with Crippen molar-refractivity contribution in [2.45, 2.75) is 33.1 Å². The van der Waals surface area contributed by atoms with Gasteiger partial charge in [-0.15, -0.1) is 0 Å². The molecule has 0 atom stereocenters. The lowest BCUT2D eigenvalue weighted by Gasteiger charge is -2.15. The number of ether oxygens (including phenoxy) is 1. The molecule has 9 nitrogen and oxygen atoms in total. The van der Waals surface area contributed by atoms with Crippen LogP contribution in [0.15, 0.2) is 52.1 Å². The lowest BCUT2D eigenvalue weighted by Crippen LogP contribution is -2.40. The van der Waals surface area contributed by atoms with Crippen molar-refractivity contribution < 1.29 is 27.5 Å². The number of esters is 1. The van der Waals surface area contributed by atoms with Crippen molar-refractivity contribution in [1.29, 1.82) is 0 Å². The highest BCUT2D eigenvalue weighted by Crippen LogP contribution is 2.27. The molecule has 1 N–H and O–H groups in total. The zero-order valence-corrected chi connectivity index (χ0v) is 23.9. The lowest BCUT2D eigenvalue weighted by molar-refractivity contribution is -0.144. The third kappa shape index (κ3) is 8.12. The first-order chi connectivity index (χ1) is 18.4. The molecule has 0 aliphatic rings. The molecule has 3 aromatic rings. The summed E-state index contributed by atoms with van der Waals surface area (Å²) in [6.45, 7) is 5.15. The first-order valence-corrected chi connectivity index (χ1v) is 12.3. The molecule has 216 valence electrons. The van der Waals surface area contributed by atoms with Crippen molar-refractivity contribution in [3.63, 3.8) is 0 Å². The predicted octanol–water partition coefficient (Wildman–Crippen LogP) is 5.52. The summed E-state index contributed by atoms with van der Waals surface area (Å²) < 4.78 is 44.5. The zero-order valence-electron chi connectivity index (χ0n) is 22.4. The summed E-state index contributed by atoms with van der Waals surface area (Å²) in [6, 6.07) is 9.17. The molecular weight excluding hydrogens is 576 g/mol. The largest absolute Gasteiger partial charge is 0.459 e. The fourth-order valence-electron chi connectivity index (χ4n) is 3.13. The standard InChI is InChI=1S/C16H14ClF3N2O4.C10H13ClN2O/c1-8(2)26-14(24)10-6-9(4-5-11(10)17)22-13(23)7-12(16(18,19)20)21(3)15(22)25;1-7-4-5-8(6-9(7)11)12-10(14)13(2)3/h4-8H,1-3H3;4-6H,1-3H3,(H,12,14). The maximum absolute atomic E-state index is 12.9. The molecule has 0 unspecified atom stereocenters. The van der Waals surface area contributed by atoms with E-state index in [9.17, 15) is 32.3 Å². The van der Waals surface area contributed by atoms with Gasteiger partial charge in [-0.3, -0.25) is 9.36 Å². The number of nitrogens with zero attached hydrogens (tertiary/aromatic N) is 3. The van der Waals surface area contributed by atoms with Gasteiger partial charge in [0, 0.05) is 37.9 Å². The Bertz CT molecular complexity index is 1530. The number of anilines is 1. The summed E-state index contributed by atoms with van der Waals surface area (Å²) in [6.07, 6.45) is -5.30. The Kier molecular flexibility index (Phi) is 10.6. The van der Waals surface area contributed by atoms with Crippen LogP contribution in [0.4, 0.5) is 23.7 Å². The van der Waals surface area contributed by atoms with Gasteiger partial charge in [0.15, 0.2) is 0 Å². The van der Waals surface area contributed by atoms with Gasteiger partial charge in [0.25, 0.3) is 5.56 Å². The van der Waals surface area contributed by atoms with Crippen LogP contribution in [0.1, 0.15) is 35.5 Å². The molecular formula is C26H27Cl2F3N4O5. The molecule has 0 saturated heterocycles. The van der Waals surface area contributed by atoms with E-state index in [1.165, 1.54) is 17.0 Å². The third-order valence-corrected chi connectivity index (χ3v) is 5.95. The minimum atomic E-state index is -4.86. The summed E-state index contributed by atoms with van der Waals surface area (Å²) in [5.74, 6) is -0.788. The van der Waals surface area contributed by atoms with Gasteiger partial charge < -0.3 is 15.0 Å². The number of nitrogens with one attached hydrogen (secondary N) is 1. The second kappa shape index (κ2) is 13.1. The van der Waals surface area contributed by atoms with Crippen LogP contribution >= 0.6 is 23.2 Å². The molecule has 0 radical (unpaired) electrons. The Morgan fingerprint density at radius 1 is 1.00 bits per heavy atom. The van der Waals surface area contributed by atoms with Gasteiger partial charge in [-0.05, 0) is 56.7 Å². The second-order valence-electron chi connectivity index (χ2n) is 8.95. The number of aryl methyl sites for hydroxylation is 1. The summed E-state index contributed by atoms with van der Waals surface area (Å²) in [5, 5.41) is 3.38. The van der Waals surface area contributed by atoms with Crippen LogP contribution in [0, 0.1) is 6.92 Å². The highest BCUT2D eigenvalue weighted by molar-refractivity contribution is 6.33. The molecule has 2 amide bonds. The van der Waals surface area contributed by atoms with E-state index in [0.29, 0.717) is 25.9 Å². The number of carbonyl (C=O) groups is 2. The number of halogens is 5. The maximum atomic E-state index is 12.9. The number of hydrogen-bond acceptors (Lipinski definition) is 5. The molecule has 40 heavy (non-hydrogen) atoms. The van der Waals surface area contributed by atoms with Crippen molar-refractivity contribution in [2.24, 2.45) is 7.05 Å². The van der Waals surface area contributed by atoms with E-state index < -0.39 is 35.2 Å². The van der Waals surface area contributed by atoms with Crippen molar-refractivity contribution in [1.82, 2.24) is 14.0 Å². The molecule has 0 bridgehead atoms. The Morgan fingerprint density at radius 3 is 2.15 bits per heavy atom. The zero-order chi connectivity index (χ0) is 30.5. The van der Waals surface area contributed by atoms with Gasteiger partial charge in [-0.2, -0.15) is 13.2 Å². The van der Waals surface area contributed by atoms with Crippen LogP contribution < -0.4 is 16.6 Å². The highest BCUT2D eigenvalue weighted by atomic mass is 35.5. The first-order valence-electron chi connectivity index (χ1n) is 11.6. The van der Waals surface area contributed by atoms with Crippen LogP contribution in [0.5, 0.6) is 0 Å². The fourth-order valence-corrected chi connectivity index (χ4v) is 3.50. The molecule has 1 heterocycles. The SMILES string of the molecule is CC(C)OC(=O)c1cc(-n2c(=O)cc(C(F)(F)F)n(C)c2=O)ccc1Cl.Cc1ccc(NC(=O)N(C)C)cc1Cl. The Labute approximate surface area is 237 Å². The Morgan fingerprint density at radius 2 is 1.62 bits per heavy atom. The highest BCUT2D eigenvalue weighted by Gasteiger charge is 2.35. The van der Waals surface area contributed by atoms with E-state index in [1.807, 2.05) is 19.1 Å². The smallest absolute Gasteiger partial charge is 0.431 e. The fraction of sp³-hybridized carbons (Fsp3) is 0.308. The van der Waals surface area contributed by atoms with E-state index >= 15 is 0 Å². The van der Waals surface area contributed by atoms with Gasteiger partial charge in [-0.1, -0.05) is 29.3 Å². The summed E-state index contributed by atoms with van der Waals surface area (Å²) in [5.41, 5.74) is -2.30. The number of aromatic nitrogens is 2. The molecule has 1 aromatic heterocycles. The van der Waals surface area contributed by atoms with Gasteiger partial charge in [-0.25, -0.2) is 19.0 Å². The number of urea groups is 1. The number of carbonyl (C=O) groups excluding carboxylic acids is 2. The summed E-state index contributed by atoms with van der Waals surface area (Å²) in [4.78, 5) is 49.2. The molecule has 0 spiro atoms. The van der Waals surface area contributed by atoms with Crippen LogP contribution in [-0.2, 0) is 18.0 Å². The number of rotatable bonds is 4. The van der Waals surface area contributed by atoms with Crippen LogP contribution in [0.3, 0.4) is 0 Å². The normalized spacial score (nSPS) is 11.0. The molecule has 0 aliphatic heterocycles. The monoisotopic (exact) mass is 602 g/mol. The lowest BCUT2D eigenvalue weighted by atomic mass is 10.2. The Hall–Kier alpha value is -3.77. The van der Waals surface area contributed by atoms with E-state index in [2.05, 4.69) is 5.32 Å². The molecule has 14 heteroatoms. The molecule has 0 fully saturated rings. The van der Waals surface area contributed by atoms with Crippen molar-refractivity contribution >= 4 is 40.9 Å². The second-order valence-corrected chi connectivity index (χ2v) is 9.76. The quantitative estimate of drug-likeness (QED) is 0.396. The number of amides is 2. The average molecular weight is 603 g/mol. The summed E-state index contributed by atoms with van der Waals surface area (Å²) >= 11 is 11.8. The first kappa shape index (κ1) is 32.4. The van der Waals surface area contributed by atoms with E-state index in [-0.39, 0.29) is 22.3 Å². The predicted molar refractivity (Wildman–Crippen MR) is 147 cm³/mol. The van der Waals surface area contributed by atoms with Gasteiger partial charge in [0.05, 0.1) is 22.4 Å². The van der Waals surface area contributed by atoms with Crippen molar-refractivity contribution in [3.8, 4) is 5.69 Å². The van der Waals surface area contributed by atoms with Gasteiger partial charge in [0.1, 0.15) is 5.69 Å². The molecule has 0 aliphatic carbocycles. The van der Waals surface area contributed by atoms with Crippen LogP contribution in [-0.4, -0.2) is 46.2 Å². The van der Waals surface area contributed by atoms with Crippen LogP contribution in [0.25, 0.3) is 5.69 Å². The minimum Gasteiger partial charge on any atom is -0.459 e. The van der Waals surface area contributed by atoms with Gasteiger partial charge in [0.2, 0.25) is 0 Å². The van der Waals surface area contributed by atoms with Crippen molar-refractivity contribution in [2.75, 3.05) is 19.4 Å². The average Bonchev–Trinajstić information content (AvgIpc) is 2.84. The number of hydrogen-bond donors (Lipinski definition) is 1. The topological polar surface area (TPSA) is 103 Å². The number of alkyl halides is 3. The molecule has 3 rings (SSSR count). The summed E-state index contributed by atoms with van der Waals surface area (Å²) in [7, 11) is 4.27. The van der Waals surface area contributed by atoms with Crippen molar-refractivity contribution in [3.05, 3.63) is 90.2 Å². The molecule has 2 aromatic carbocycles. The number of benzene rings is 2. The van der Waals surface area contributed by atoms with E-state index in [0.717, 1.165) is 18.7 Å². The van der Waals surface area contributed by atoms with Crippen LogP contribution in [0.2, 0.25) is 10.0 Å². The third-order valence-electron chi connectivity index (χ3n) is 5.21.